The van der Waals surface area contributed by atoms with Crippen molar-refractivity contribution in [2.75, 3.05) is 30.0 Å². The maximum absolute atomic E-state index is 13.6. The zero-order valence-corrected chi connectivity index (χ0v) is 23.0. The number of carbonyl (C=O) groups excluding carboxylic acids is 2. The summed E-state index contributed by atoms with van der Waals surface area (Å²) in [7, 11) is -3.89. The highest BCUT2D eigenvalue weighted by Gasteiger charge is 2.40. The summed E-state index contributed by atoms with van der Waals surface area (Å²) in [5, 5.41) is 0.716. The summed E-state index contributed by atoms with van der Waals surface area (Å²) in [6, 6.07) is 20.6. The Morgan fingerprint density at radius 1 is 0.921 bits per heavy atom. The lowest BCUT2D eigenvalue weighted by Crippen LogP contribution is -2.39. The third-order valence-corrected chi connectivity index (χ3v) is 8.94. The van der Waals surface area contributed by atoms with Gasteiger partial charge in [0.15, 0.2) is 0 Å². The highest BCUT2D eigenvalue weighted by atomic mass is 79.9. The molecule has 0 saturated carbocycles. The second-order valence-corrected chi connectivity index (χ2v) is 11.8. The quantitative estimate of drug-likeness (QED) is 0.253. The zero-order valence-electron chi connectivity index (χ0n) is 20.6. The number of sulfonamides is 1. The minimum Gasteiger partial charge on any atom is -0.493 e. The van der Waals surface area contributed by atoms with E-state index in [0.29, 0.717) is 42.1 Å². The van der Waals surface area contributed by atoms with E-state index in [0.717, 1.165) is 12.0 Å². The minimum absolute atomic E-state index is 0.000783. The van der Waals surface area contributed by atoms with Gasteiger partial charge in [0.2, 0.25) is 10.0 Å². The SMILES string of the molecule is O=C1C(=O)N(Cc2ccc(OCCBr)cc2)c2ccc(S(=O)(=O)N3CCCC3COc3ccccc3)cc21. The lowest BCUT2D eigenvalue weighted by atomic mass is 10.1. The Bertz CT molecular complexity index is 1430. The molecule has 0 aliphatic carbocycles. The molecule has 1 saturated heterocycles. The lowest BCUT2D eigenvalue weighted by molar-refractivity contribution is -0.114. The van der Waals surface area contributed by atoms with Crippen molar-refractivity contribution in [2.24, 2.45) is 0 Å². The van der Waals surface area contributed by atoms with E-state index in [2.05, 4.69) is 15.9 Å². The molecule has 0 spiro atoms. The number of nitrogens with zero attached hydrogens (tertiary/aromatic N) is 2. The van der Waals surface area contributed by atoms with Crippen LogP contribution in [0.25, 0.3) is 0 Å². The highest BCUT2D eigenvalue weighted by molar-refractivity contribution is 9.09. The van der Waals surface area contributed by atoms with Gasteiger partial charge in [0.25, 0.3) is 11.7 Å². The molecule has 8 nitrogen and oxygen atoms in total. The zero-order chi connectivity index (χ0) is 26.7. The summed E-state index contributed by atoms with van der Waals surface area (Å²) in [6.45, 7) is 1.33. The Labute approximate surface area is 230 Å². The van der Waals surface area contributed by atoms with Gasteiger partial charge in [0, 0.05) is 11.9 Å². The number of anilines is 1. The fourth-order valence-corrected chi connectivity index (χ4v) is 6.63. The summed E-state index contributed by atoms with van der Waals surface area (Å²) in [5.41, 5.74) is 1.33. The standard InChI is InChI=1S/C28H27BrN2O6S/c29-14-16-36-23-10-8-20(9-11-23)18-30-26-13-12-24(17-25(26)27(32)28(30)33)38(34,35)31-15-4-5-21(31)19-37-22-6-2-1-3-7-22/h1-3,6-13,17,21H,4-5,14-16,18-19H2. The van der Waals surface area contributed by atoms with E-state index >= 15 is 0 Å². The molecule has 0 aromatic heterocycles. The van der Waals surface area contributed by atoms with Crippen molar-refractivity contribution in [1.82, 2.24) is 4.31 Å². The van der Waals surface area contributed by atoms with E-state index < -0.39 is 21.7 Å². The lowest BCUT2D eigenvalue weighted by Gasteiger charge is -2.24. The summed E-state index contributed by atoms with van der Waals surface area (Å²) < 4.78 is 40.0. The average Bonchev–Trinajstić information content (AvgIpc) is 3.51. The summed E-state index contributed by atoms with van der Waals surface area (Å²) in [5.74, 6) is 0.00502. The molecule has 1 atom stereocenters. The number of amides is 1. The predicted octanol–water partition coefficient (Wildman–Crippen LogP) is 4.42. The summed E-state index contributed by atoms with van der Waals surface area (Å²) >= 11 is 3.32. The van der Waals surface area contributed by atoms with Gasteiger partial charge in [-0.3, -0.25) is 9.59 Å². The number of hydrogen-bond donors (Lipinski definition) is 0. The number of halogens is 1. The molecule has 0 radical (unpaired) electrons. The van der Waals surface area contributed by atoms with Gasteiger partial charge < -0.3 is 14.4 Å². The average molecular weight is 600 g/mol. The number of Topliss-reactive ketones (excluding diaryl/α,β-unsaturated/α-hetero) is 1. The molecule has 3 aromatic rings. The van der Waals surface area contributed by atoms with Gasteiger partial charge in [-0.2, -0.15) is 4.31 Å². The first-order valence-corrected chi connectivity index (χ1v) is 14.9. The monoisotopic (exact) mass is 598 g/mol. The molecule has 2 aliphatic rings. The molecule has 198 valence electrons. The van der Waals surface area contributed by atoms with Crippen LogP contribution in [0.1, 0.15) is 28.8 Å². The number of fused-ring (bicyclic) bond motifs is 1. The Hall–Kier alpha value is -3.21. The van der Waals surface area contributed by atoms with E-state index in [1.165, 1.54) is 21.3 Å². The van der Waals surface area contributed by atoms with Crippen molar-refractivity contribution in [3.8, 4) is 11.5 Å². The second kappa shape index (κ2) is 11.3. The fourth-order valence-electron chi connectivity index (χ4n) is 4.76. The van der Waals surface area contributed by atoms with Gasteiger partial charge in [-0.1, -0.05) is 46.3 Å². The molecule has 0 N–H and O–H groups in total. The third kappa shape index (κ3) is 5.34. The largest absolute Gasteiger partial charge is 0.493 e. The Kier molecular flexibility index (Phi) is 7.83. The number of hydrogen-bond acceptors (Lipinski definition) is 6. The first-order valence-electron chi connectivity index (χ1n) is 12.4. The Morgan fingerprint density at radius 3 is 2.39 bits per heavy atom. The summed E-state index contributed by atoms with van der Waals surface area (Å²) in [6.07, 6.45) is 1.40. The van der Waals surface area contributed by atoms with Gasteiger partial charge in [-0.25, -0.2) is 8.42 Å². The normalized spacial score (nSPS) is 17.6. The predicted molar refractivity (Wildman–Crippen MR) is 147 cm³/mol. The van der Waals surface area contributed by atoms with Crippen molar-refractivity contribution < 1.29 is 27.5 Å². The topological polar surface area (TPSA) is 93.2 Å². The number of ketones is 1. The molecule has 1 unspecified atom stereocenters. The molecule has 2 heterocycles. The molecule has 38 heavy (non-hydrogen) atoms. The molecule has 0 bridgehead atoms. The molecular formula is C28H27BrN2O6S. The molecule has 3 aromatic carbocycles. The van der Waals surface area contributed by atoms with Gasteiger partial charge in [-0.15, -0.1) is 0 Å². The van der Waals surface area contributed by atoms with Crippen molar-refractivity contribution in [3.05, 3.63) is 83.9 Å². The van der Waals surface area contributed by atoms with Gasteiger partial charge in [0.05, 0.1) is 35.3 Å². The molecule has 1 fully saturated rings. The Balaban J connectivity index is 1.33. The van der Waals surface area contributed by atoms with Crippen LogP contribution in [-0.4, -0.2) is 55.5 Å². The van der Waals surface area contributed by atoms with Crippen molar-refractivity contribution in [2.45, 2.75) is 30.3 Å². The number of ether oxygens (including phenoxy) is 2. The molecule has 10 heteroatoms. The van der Waals surface area contributed by atoms with Crippen LogP contribution in [0.4, 0.5) is 5.69 Å². The number of alkyl halides is 1. The van der Waals surface area contributed by atoms with E-state index in [1.54, 1.807) is 6.07 Å². The van der Waals surface area contributed by atoms with Crippen molar-refractivity contribution >= 4 is 43.3 Å². The number of benzene rings is 3. The third-order valence-electron chi connectivity index (χ3n) is 6.67. The van der Waals surface area contributed by atoms with Crippen LogP contribution in [0.5, 0.6) is 11.5 Å². The van der Waals surface area contributed by atoms with Crippen LogP contribution in [0.15, 0.2) is 77.7 Å². The van der Waals surface area contributed by atoms with E-state index in [4.69, 9.17) is 9.47 Å². The van der Waals surface area contributed by atoms with Crippen LogP contribution < -0.4 is 14.4 Å². The molecular weight excluding hydrogens is 572 g/mol. The first-order chi connectivity index (χ1) is 18.4. The second-order valence-electron chi connectivity index (χ2n) is 9.12. The molecule has 5 rings (SSSR count). The number of rotatable bonds is 10. The van der Waals surface area contributed by atoms with Gasteiger partial charge in [0.1, 0.15) is 18.1 Å². The van der Waals surface area contributed by atoms with Crippen LogP contribution in [0.3, 0.4) is 0 Å². The number of para-hydroxylation sites is 1. The van der Waals surface area contributed by atoms with Crippen LogP contribution >= 0.6 is 15.9 Å². The summed E-state index contributed by atoms with van der Waals surface area (Å²) in [4.78, 5) is 27.1. The minimum atomic E-state index is -3.89. The van der Waals surface area contributed by atoms with E-state index in [9.17, 15) is 18.0 Å². The maximum Gasteiger partial charge on any atom is 0.299 e. The molecule has 2 aliphatic heterocycles. The van der Waals surface area contributed by atoms with Crippen LogP contribution in [0, 0.1) is 0 Å². The molecule has 1 amide bonds. The van der Waals surface area contributed by atoms with E-state index in [1.807, 2.05) is 54.6 Å². The first kappa shape index (κ1) is 26.4. The van der Waals surface area contributed by atoms with Crippen LogP contribution in [-0.2, 0) is 21.4 Å². The Morgan fingerprint density at radius 2 is 1.66 bits per heavy atom. The maximum atomic E-state index is 13.6. The number of carbonyl (C=O) groups is 2. The van der Waals surface area contributed by atoms with Gasteiger partial charge >= 0.3 is 0 Å². The van der Waals surface area contributed by atoms with Crippen molar-refractivity contribution in [1.29, 1.82) is 0 Å². The van der Waals surface area contributed by atoms with Crippen molar-refractivity contribution in [3.63, 3.8) is 0 Å². The van der Waals surface area contributed by atoms with Crippen LogP contribution in [0.2, 0.25) is 0 Å². The van der Waals surface area contributed by atoms with E-state index in [-0.39, 0.29) is 29.7 Å². The smallest absolute Gasteiger partial charge is 0.299 e. The highest BCUT2D eigenvalue weighted by Crippen LogP contribution is 2.35. The van der Waals surface area contributed by atoms with Gasteiger partial charge in [-0.05, 0) is 60.9 Å². The fraction of sp³-hybridized carbons (Fsp3) is 0.286.